The Balaban J connectivity index is 2.87. The number of hydrogen-bond acceptors (Lipinski definition) is 4. The highest BCUT2D eigenvalue weighted by Gasteiger charge is 2.22. The van der Waals surface area contributed by atoms with Gasteiger partial charge in [-0.15, -0.1) is 11.3 Å². The number of ether oxygens (including phenoxy) is 1. The van der Waals surface area contributed by atoms with Crippen LogP contribution in [0.15, 0.2) is 6.07 Å². The molecule has 0 aromatic carbocycles. The minimum absolute atomic E-state index is 0.118. The summed E-state index contributed by atoms with van der Waals surface area (Å²) < 4.78 is 5.17. The second kappa shape index (κ2) is 4.51. The fourth-order valence-electron chi connectivity index (χ4n) is 0.958. The molecule has 84 valence electrons. The minimum atomic E-state index is -0.538. The smallest absolute Gasteiger partial charge is 0.350 e. The Hall–Kier alpha value is -0.580. The van der Waals surface area contributed by atoms with Crippen molar-refractivity contribution in [3.05, 3.63) is 20.8 Å². The second-order valence-electron chi connectivity index (χ2n) is 4.05. The monoisotopic (exact) mass is 248 g/mol. The minimum Gasteiger partial charge on any atom is -0.456 e. The summed E-state index contributed by atoms with van der Waals surface area (Å²) in [6.45, 7) is 5.26. The van der Waals surface area contributed by atoms with Crippen molar-refractivity contribution >= 4 is 28.9 Å². The first-order valence-corrected chi connectivity index (χ1v) is 5.65. The Morgan fingerprint density at radius 1 is 1.60 bits per heavy atom. The molecule has 0 unspecified atom stereocenters. The van der Waals surface area contributed by atoms with E-state index in [1.807, 2.05) is 0 Å². The fraction of sp³-hybridized carbons (Fsp3) is 0.500. The van der Waals surface area contributed by atoms with Gasteiger partial charge in [-0.25, -0.2) is 4.79 Å². The van der Waals surface area contributed by atoms with Crippen molar-refractivity contribution in [2.75, 3.05) is 0 Å². The molecule has 0 aliphatic heterocycles. The Kier molecular flexibility index (Phi) is 3.76. The average Bonchev–Trinajstić information content (AvgIpc) is 2.43. The van der Waals surface area contributed by atoms with Crippen molar-refractivity contribution in [1.29, 1.82) is 0 Å². The zero-order valence-corrected chi connectivity index (χ0v) is 10.4. The largest absolute Gasteiger partial charge is 0.456 e. The van der Waals surface area contributed by atoms with E-state index in [1.54, 1.807) is 26.8 Å². The summed E-state index contributed by atoms with van der Waals surface area (Å²) in [5.41, 5.74) is -0.538. The van der Waals surface area contributed by atoms with Gasteiger partial charge in [-0.2, -0.15) is 0 Å². The molecule has 0 radical (unpaired) electrons. The van der Waals surface area contributed by atoms with Crippen LogP contribution in [0.25, 0.3) is 0 Å². The number of carbonyl (C=O) groups is 1. The molecule has 0 fully saturated rings. The molecule has 0 aliphatic carbocycles. The molecule has 0 saturated heterocycles. The predicted molar refractivity (Wildman–Crippen MR) is 60.4 cm³/mol. The highest BCUT2D eigenvalue weighted by Crippen LogP contribution is 2.28. The summed E-state index contributed by atoms with van der Waals surface area (Å²) in [6, 6.07) is 1.57. The molecule has 15 heavy (non-hydrogen) atoms. The lowest BCUT2D eigenvalue weighted by Gasteiger charge is -2.18. The van der Waals surface area contributed by atoms with E-state index in [0.29, 0.717) is 14.8 Å². The molecule has 0 atom stereocenters. The number of carbonyl (C=O) groups excluding carboxylic acids is 1. The van der Waals surface area contributed by atoms with Gasteiger partial charge in [0.05, 0.1) is 11.6 Å². The van der Waals surface area contributed by atoms with Gasteiger partial charge in [0, 0.05) is 4.88 Å². The Labute approximate surface area is 97.6 Å². The van der Waals surface area contributed by atoms with Crippen LogP contribution in [-0.2, 0) is 11.3 Å². The quantitative estimate of drug-likeness (QED) is 0.819. The lowest BCUT2D eigenvalue weighted by Crippen LogP contribution is -2.23. The van der Waals surface area contributed by atoms with Gasteiger partial charge in [-0.1, -0.05) is 11.6 Å². The number of halogens is 1. The molecule has 1 aromatic heterocycles. The van der Waals surface area contributed by atoms with E-state index in [0.717, 1.165) is 11.3 Å². The van der Waals surface area contributed by atoms with Crippen molar-refractivity contribution in [2.45, 2.75) is 33.0 Å². The highest BCUT2D eigenvalue weighted by atomic mass is 35.5. The van der Waals surface area contributed by atoms with Crippen LogP contribution in [0.3, 0.4) is 0 Å². The summed E-state index contributed by atoms with van der Waals surface area (Å²) in [7, 11) is 0. The first kappa shape index (κ1) is 12.5. The van der Waals surface area contributed by atoms with Crippen LogP contribution in [0.1, 0.15) is 35.3 Å². The molecule has 1 N–H and O–H groups in total. The SMILES string of the molecule is CC(C)(C)OC(=O)c1sc(CO)cc1Cl. The lowest BCUT2D eigenvalue weighted by molar-refractivity contribution is 0.00754. The summed E-state index contributed by atoms with van der Waals surface area (Å²) in [6.07, 6.45) is 0. The summed E-state index contributed by atoms with van der Waals surface area (Å²) in [5, 5.41) is 9.22. The third-order valence-electron chi connectivity index (χ3n) is 1.48. The van der Waals surface area contributed by atoms with Gasteiger partial charge in [0.2, 0.25) is 0 Å². The van der Waals surface area contributed by atoms with Crippen LogP contribution >= 0.6 is 22.9 Å². The summed E-state index contributed by atoms with van der Waals surface area (Å²) in [5.74, 6) is -0.447. The van der Waals surface area contributed by atoms with Crippen LogP contribution in [0, 0.1) is 0 Å². The molecule has 0 amide bonds. The summed E-state index contributed by atoms with van der Waals surface area (Å²) >= 11 is 7.00. The molecule has 0 saturated carbocycles. The zero-order chi connectivity index (χ0) is 11.6. The Morgan fingerprint density at radius 2 is 2.20 bits per heavy atom. The van der Waals surface area contributed by atoms with Crippen LogP contribution in [0.4, 0.5) is 0 Å². The molecule has 1 rings (SSSR count). The topological polar surface area (TPSA) is 46.5 Å². The normalized spacial score (nSPS) is 11.5. The van der Waals surface area contributed by atoms with Gasteiger partial charge in [0.15, 0.2) is 0 Å². The van der Waals surface area contributed by atoms with E-state index in [-0.39, 0.29) is 6.61 Å². The third-order valence-corrected chi connectivity index (χ3v) is 2.99. The van der Waals surface area contributed by atoms with Crippen molar-refractivity contribution in [1.82, 2.24) is 0 Å². The summed E-state index contributed by atoms with van der Waals surface area (Å²) in [4.78, 5) is 12.6. The first-order valence-electron chi connectivity index (χ1n) is 4.46. The van der Waals surface area contributed by atoms with Crippen LogP contribution in [0.5, 0.6) is 0 Å². The van der Waals surface area contributed by atoms with Crippen molar-refractivity contribution in [2.24, 2.45) is 0 Å². The van der Waals surface area contributed by atoms with E-state index >= 15 is 0 Å². The van der Waals surface area contributed by atoms with Crippen molar-refractivity contribution in [3.63, 3.8) is 0 Å². The zero-order valence-electron chi connectivity index (χ0n) is 8.83. The molecule has 1 aromatic rings. The van der Waals surface area contributed by atoms with Crippen LogP contribution < -0.4 is 0 Å². The number of rotatable bonds is 2. The van der Waals surface area contributed by atoms with Gasteiger partial charge < -0.3 is 9.84 Å². The van der Waals surface area contributed by atoms with Crippen molar-refractivity contribution in [3.8, 4) is 0 Å². The molecular formula is C10H13ClO3S. The van der Waals surface area contributed by atoms with E-state index < -0.39 is 11.6 Å². The lowest BCUT2D eigenvalue weighted by atomic mass is 10.2. The van der Waals surface area contributed by atoms with Crippen LogP contribution in [0.2, 0.25) is 5.02 Å². The van der Waals surface area contributed by atoms with Crippen LogP contribution in [-0.4, -0.2) is 16.7 Å². The van der Waals surface area contributed by atoms with Gasteiger partial charge >= 0.3 is 5.97 Å². The first-order chi connectivity index (χ1) is 6.83. The number of hydrogen-bond donors (Lipinski definition) is 1. The molecular weight excluding hydrogens is 236 g/mol. The van der Waals surface area contributed by atoms with Gasteiger partial charge in [-0.05, 0) is 26.8 Å². The number of thiophene rings is 1. The predicted octanol–water partition coefficient (Wildman–Crippen LogP) is 2.85. The third kappa shape index (κ3) is 3.48. The molecule has 0 bridgehead atoms. The van der Waals surface area contributed by atoms with E-state index in [1.165, 1.54) is 0 Å². The van der Waals surface area contributed by atoms with E-state index in [9.17, 15) is 4.79 Å². The molecule has 0 aliphatic rings. The number of aliphatic hydroxyl groups excluding tert-OH is 1. The maximum absolute atomic E-state index is 11.6. The van der Waals surface area contributed by atoms with Gasteiger partial charge in [0.1, 0.15) is 10.5 Å². The highest BCUT2D eigenvalue weighted by molar-refractivity contribution is 7.14. The Bertz CT molecular complexity index is 365. The van der Waals surface area contributed by atoms with E-state index in [4.69, 9.17) is 21.4 Å². The molecule has 3 nitrogen and oxygen atoms in total. The van der Waals surface area contributed by atoms with Crippen molar-refractivity contribution < 1.29 is 14.6 Å². The fourth-order valence-corrected chi connectivity index (χ4v) is 2.13. The maximum Gasteiger partial charge on any atom is 0.350 e. The molecule has 5 heteroatoms. The van der Waals surface area contributed by atoms with Gasteiger partial charge in [0.25, 0.3) is 0 Å². The standard InChI is InChI=1S/C10H13ClO3S/c1-10(2,3)14-9(13)8-7(11)4-6(5-12)15-8/h4,12H,5H2,1-3H3. The Morgan fingerprint density at radius 3 is 2.60 bits per heavy atom. The van der Waals surface area contributed by atoms with Gasteiger partial charge in [-0.3, -0.25) is 0 Å². The molecule has 1 heterocycles. The maximum atomic E-state index is 11.6. The number of aliphatic hydroxyl groups is 1. The molecule has 0 spiro atoms. The number of esters is 1. The second-order valence-corrected chi connectivity index (χ2v) is 5.59. The average molecular weight is 249 g/mol. The van der Waals surface area contributed by atoms with E-state index in [2.05, 4.69) is 0 Å².